The monoisotopic (exact) mass is 375 g/mol. The van der Waals surface area contributed by atoms with Gasteiger partial charge in [-0.3, -0.25) is 14.4 Å². The van der Waals surface area contributed by atoms with Crippen LogP contribution in [-0.2, 0) is 6.42 Å². The van der Waals surface area contributed by atoms with Gasteiger partial charge in [0.1, 0.15) is 11.2 Å². The molecular weight excluding hydrogens is 350 g/mol. The summed E-state index contributed by atoms with van der Waals surface area (Å²) >= 11 is 0. The third-order valence-corrected chi connectivity index (χ3v) is 5.23. The largest absolute Gasteiger partial charge is 0.441 e. The van der Waals surface area contributed by atoms with Crippen LogP contribution in [0.5, 0.6) is 0 Å². The predicted molar refractivity (Wildman–Crippen MR) is 108 cm³/mol. The molecule has 5 heteroatoms. The van der Waals surface area contributed by atoms with Gasteiger partial charge in [-0.05, 0) is 44.0 Å². The Balaban J connectivity index is 1.58. The molecule has 2 heterocycles. The Hall–Kier alpha value is -2.95. The number of carbonyl (C=O) groups excluding carboxylic acids is 1. The van der Waals surface area contributed by atoms with Crippen LogP contribution in [0.15, 0.2) is 64.1 Å². The molecule has 144 valence electrons. The van der Waals surface area contributed by atoms with Gasteiger partial charge in [0.2, 0.25) is 11.8 Å². The lowest BCUT2D eigenvalue weighted by molar-refractivity contribution is 0.0906. The maximum absolute atomic E-state index is 13.0. The molecule has 3 aromatic rings. The number of benzene rings is 1. The van der Waals surface area contributed by atoms with Crippen LogP contribution in [0.25, 0.3) is 11.5 Å². The molecule has 0 amide bonds. The number of aryl methyl sites for hydroxylation is 1. The predicted octanol–water partition coefficient (Wildman–Crippen LogP) is 4.57. The summed E-state index contributed by atoms with van der Waals surface area (Å²) < 4.78 is 7.44. The van der Waals surface area contributed by atoms with E-state index in [-0.39, 0.29) is 12.3 Å². The van der Waals surface area contributed by atoms with E-state index in [1.807, 2.05) is 55.5 Å². The van der Waals surface area contributed by atoms with Gasteiger partial charge in [0.05, 0.1) is 18.2 Å². The van der Waals surface area contributed by atoms with E-state index in [4.69, 9.17) is 9.41 Å². The summed E-state index contributed by atoms with van der Waals surface area (Å²) in [6.07, 6.45) is 7.90. The van der Waals surface area contributed by atoms with Gasteiger partial charge in [-0.15, -0.1) is 0 Å². The second kappa shape index (κ2) is 8.38. The Labute approximate surface area is 164 Å². The average Bonchev–Trinajstić information content (AvgIpc) is 3.10. The number of pyridine rings is 1. The second-order valence-corrected chi connectivity index (χ2v) is 7.31. The lowest BCUT2D eigenvalue weighted by Crippen LogP contribution is -2.30. The average molecular weight is 375 g/mol. The highest BCUT2D eigenvalue weighted by atomic mass is 16.4. The molecule has 2 aromatic heterocycles. The Morgan fingerprint density at radius 1 is 1.11 bits per heavy atom. The molecule has 28 heavy (non-hydrogen) atoms. The zero-order valence-corrected chi connectivity index (χ0v) is 16.2. The number of carbonyl (C=O) groups is 1. The molecule has 0 spiro atoms. The number of hydrogen-bond donors (Lipinski definition) is 0. The maximum Gasteiger partial charge on any atom is 0.238 e. The third-order valence-electron chi connectivity index (χ3n) is 5.23. The molecule has 0 radical (unpaired) electrons. The van der Waals surface area contributed by atoms with Crippen molar-refractivity contribution in [2.75, 3.05) is 0 Å². The number of nitrogens with zero attached hydrogens (tertiary/aromatic N) is 3. The van der Waals surface area contributed by atoms with Gasteiger partial charge in [-0.25, -0.2) is 4.98 Å². The highest BCUT2D eigenvalue weighted by Crippen LogP contribution is 2.22. The first-order valence-corrected chi connectivity index (χ1v) is 9.97. The van der Waals surface area contributed by atoms with E-state index in [1.54, 1.807) is 10.8 Å². The van der Waals surface area contributed by atoms with Crippen LogP contribution < -0.4 is 5.49 Å². The molecule has 0 unspecified atom stereocenters. The smallest absolute Gasteiger partial charge is 0.238 e. The Morgan fingerprint density at radius 2 is 1.86 bits per heavy atom. The van der Waals surface area contributed by atoms with E-state index < -0.39 is 0 Å². The number of oxazole rings is 1. The molecule has 1 aliphatic rings. The summed E-state index contributed by atoms with van der Waals surface area (Å²) in [6.45, 7) is 1.85. The van der Waals surface area contributed by atoms with Gasteiger partial charge in [0.25, 0.3) is 0 Å². The summed E-state index contributed by atoms with van der Waals surface area (Å²) in [5, 5.41) is 0. The van der Waals surface area contributed by atoms with Crippen LogP contribution in [0.2, 0.25) is 0 Å². The van der Waals surface area contributed by atoms with Crippen LogP contribution in [0.1, 0.15) is 48.4 Å². The van der Waals surface area contributed by atoms with E-state index in [2.05, 4.69) is 4.98 Å². The molecule has 1 fully saturated rings. The van der Waals surface area contributed by atoms with Crippen molar-refractivity contribution in [2.45, 2.75) is 51.5 Å². The highest BCUT2D eigenvalue weighted by molar-refractivity contribution is 5.81. The first kappa shape index (κ1) is 18.4. The van der Waals surface area contributed by atoms with Gasteiger partial charge in [0.15, 0.2) is 0 Å². The lowest BCUT2D eigenvalue weighted by Gasteiger charge is -2.17. The third kappa shape index (κ3) is 4.14. The van der Waals surface area contributed by atoms with Crippen molar-refractivity contribution >= 4 is 5.91 Å². The Morgan fingerprint density at radius 3 is 2.64 bits per heavy atom. The first-order chi connectivity index (χ1) is 13.7. The van der Waals surface area contributed by atoms with E-state index in [0.717, 1.165) is 23.9 Å². The van der Waals surface area contributed by atoms with Crippen molar-refractivity contribution < 1.29 is 9.21 Å². The molecule has 0 atom stereocenters. The van der Waals surface area contributed by atoms with Crippen LogP contribution >= 0.6 is 0 Å². The van der Waals surface area contributed by atoms with Crippen molar-refractivity contribution in [3.05, 3.63) is 71.7 Å². The Kier molecular flexibility index (Phi) is 5.51. The summed E-state index contributed by atoms with van der Waals surface area (Å²) in [5.74, 6) is 1.17. The molecule has 0 N–H and O–H groups in total. The minimum atomic E-state index is -0.0498. The minimum absolute atomic E-state index is 0.0498. The van der Waals surface area contributed by atoms with Crippen LogP contribution in [0, 0.1) is 6.92 Å². The quantitative estimate of drug-likeness (QED) is 0.671. The van der Waals surface area contributed by atoms with Crippen molar-refractivity contribution in [3.63, 3.8) is 0 Å². The molecule has 0 bridgehead atoms. The van der Waals surface area contributed by atoms with E-state index in [0.29, 0.717) is 23.4 Å². The van der Waals surface area contributed by atoms with Crippen LogP contribution in [0.3, 0.4) is 0 Å². The maximum atomic E-state index is 13.0. The molecule has 1 aliphatic carbocycles. The van der Waals surface area contributed by atoms with Crippen molar-refractivity contribution in [1.29, 1.82) is 0 Å². The van der Waals surface area contributed by atoms with E-state index >= 15 is 0 Å². The van der Waals surface area contributed by atoms with Crippen LogP contribution in [0.4, 0.5) is 0 Å². The van der Waals surface area contributed by atoms with E-state index in [1.165, 1.54) is 19.3 Å². The lowest BCUT2D eigenvalue weighted by atomic mass is 9.96. The fraction of sp³-hybridized carbons (Fsp3) is 0.348. The molecule has 0 saturated heterocycles. The van der Waals surface area contributed by atoms with Crippen molar-refractivity contribution in [1.82, 2.24) is 9.55 Å². The SMILES string of the molecule is Cc1oc(-c2ccccc2)nc1CC(=O)n1ccccc1=NC1CCCCC1. The molecule has 1 aromatic carbocycles. The standard InChI is InChI=1S/C23H25N3O2/c1-17-20(25-23(28-17)18-10-4-2-5-11-18)16-22(27)26-15-9-8-14-21(26)24-19-12-6-3-7-13-19/h2,4-5,8-11,14-15,19H,3,6-7,12-13,16H2,1H3. The number of rotatable bonds is 4. The summed E-state index contributed by atoms with van der Waals surface area (Å²) in [4.78, 5) is 22.4. The normalized spacial score (nSPS) is 15.7. The van der Waals surface area contributed by atoms with Crippen molar-refractivity contribution in [2.24, 2.45) is 4.99 Å². The molecular formula is C23H25N3O2. The fourth-order valence-corrected chi connectivity index (χ4v) is 3.67. The topological polar surface area (TPSA) is 60.4 Å². The molecule has 5 nitrogen and oxygen atoms in total. The van der Waals surface area contributed by atoms with Gasteiger partial charge in [0, 0.05) is 11.8 Å². The van der Waals surface area contributed by atoms with Crippen molar-refractivity contribution in [3.8, 4) is 11.5 Å². The summed E-state index contributed by atoms with van der Waals surface area (Å²) in [7, 11) is 0. The minimum Gasteiger partial charge on any atom is -0.441 e. The summed E-state index contributed by atoms with van der Waals surface area (Å²) in [5.41, 5.74) is 2.30. The first-order valence-electron chi connectivity index (χ1n) is 9.97. The molecule has 4 rings (SSSR count). The van der Waals surface area contributed by atoms with Gasteiger partial charge >= 0.3 is 0 Å². The van der Waals surface area contributed by atoms with Gasteiger partial charge < -0.3 is 4.42 Å². The fourth-order valence-electron chi connectivity index (χ4n) is 3.67. The number of aromatic nitrogens is 2. The highest BCUT2D eigenvalue weighted by Gasteiger charge is 2.17. The van der Waals surface area contributed by atoms with Gasteiger partial charge in [-0.1, -0.05) is 43.5 Å². The molecule has 1 saturated carbocycles. The van der Waals surface area contributed by atoms with E-state index in [9.17, 15) is 4.79 Å². The Bertz CT molecular complexity index is 1010. The van der Waals surface area contributed by atoms with Gasteiger partial charge in [-0.2, -0.15) is 0 Å². The molecule has 0 aliphatic heterocycles. The zero-order chi connectivity index (χ0) is 19.3. The number of hydrogen-bond acceptors (Lipinski definition) is 4. The zero-order valence-electron chi connectivity index (χ0n) is 16.2. The second-order valence-electron chi connectivity index (χ2n) is 7.31. The summed E-state index contributed by atoms with van der Waals surface area (Å²) in [6, 6.07) is 15.8. The van der Waals surface area contributed by atoms with Crippen LogP contribution in [-0.4, -0.2) is 21.5 Å².